The van der Waals surface area contributed by atoms with Crippen LogP contribution in [0.4, 0.5) is 5.69 Å². The van der Waals surface area contributed by atoms with Crippen molar-refractivity contribution in [2.45, 2.75) is 12.8 Å². The van der Waals surface area contributed by atoms with Gasteiger partial charge in [-0.2, -0.15) is 0 Å². The number of rotatable bonds is 6. The fraction of sp³-hybridized carbons (Fsp3) is 0.300. The summed E-state index contributed by atoms with van der Waals surface area (Å²) in [5.74, 6) is 0.327. The minimum absolute atomic E-state index is 0.0729. The number of para-hydroxylation sites is 2. The van der Waals surface area contributed by atoms with E-state index < -0.39 is 4.92 Å². The molecule has 0 unspecified atom stereocenters. The molecule has 17 heavy (non-hydrogen) atoms. The zero-order valence-electron chi connectivity index (χ0n) is 9.07. The number of oxime groups is 1. The first-order chi connectivity index (χ1) is 8.15. The van der Waals surface area contributed by atoms with Crippen LogP contribution in [-0.2, 0) is 0 Å². The van der Waals surface area contributed by atoms with E-state index >= 15 is 0 Å². The average Bonchev–Trinajstić information content (AvgIpc) is 2.34. The van der Waals surface area contributed by atoms with Crippen LogP contribution in [0.5, 0.6) is 5.75 Å². The van der Waals surface area contributed by atoms with Crippen molar-refractivity contribution < 1.29 is 14.9 Å². The Balaban J connectivity index is 2.49. The molecule has 0 saturated heterocycles. The van der Waals surface area contributed by atoms with Gasteiger partial charge in [0.25, 0.3) is 0 Å². The fourth-order valence-electron chi connectivity index (χ4n) is 1.22. The maximum atomic E-state index is 10.7. The molecule has 0 aliphatic carbocycles. The zero-order valence-corrected chi connectivity index (χ0v) is 9.07. The second-order valence-corrected chi connectivity index (χ2v) is 3.27. The molecule has 0 bridgehead atoms. The first kappa shape index (κ1) is 12.8. The smallest absolute Gasteiger partial charge is 0.310 e. The summed E-state index contributed by atoms with van der Waals surface area (Å²) in [5.41, 5.74) is 5.19. The van der Waals surface area contributed by atoms with Crippen LogP contribution >= 0.6 is 0 Å². The summed E-state index contributed by atoms with van der Waals surface area (Å²) in [6.07, 6.45) is 0.888. The first-order valence-electron chi connectivity index (χ1n) is 4.97. The average molecular weight is 239 g/mol. The Morgan fingerprint density at radius 1 is 1.53 bits per heavy atom. The van der Waals surface area contributed by atoms with Crippen LogP contribution in [0.1, 0.15) is 12.8 Å². The van der Waals surface area contributed by atoms with E-state index in [4.69, 9.17) is 15.7 Å². The molecule has 1 aromatic rings. The number of amidine groups is 1. The topological polar surface area (TPSA) is 111 Å². The van der Waals surface area contributed by atoms with E-state index in [-0.39, 0.29) is 23.9 Å². The molecule has 0 fully saturated rings. The van der Waals surface area contributed by atoms with Gasteiger partial charge < -0.3 is 15.7 Å². The van der Waals surface area contributed by atoms with Crippen LogP contribution in [0.25, 0.3) is 0 Å². The molecule has 0 radical (unpaired) electrons. The number of nitrogens with zero attached hydrogens (tertiary/aromatic N) is 2. The Labute approximate surface area is 97.6 Å². The summed E-state index contributed by atoms with van der Waals surface area (Å²) < 4.78 is 5.26. The number of ether oxygens (including phenoxy) is 1. The lowest BCUT2D eigenvalue weighted by Crippen LogP contribution is -2.13. The number of benzene rings is 1. The molecule has 0 atom stereocenters. The summed E-state index contributed by atoms with van der Waals surface area (Å²) in [6.45, 7) is 0.265. The minimum atomic E-state index is -0.501. The Hall–Kier alpha value is -2.31. The summed E-state index contributed by atoms with van der Waals surface area (Å²) >= 11 is 0. The normalized spacial score (nSPS) is 11.2. The molecule has 0 aromatic heterocycles. The fourth-order valence-corrected chi connectivity index (χ4v) is 1.22. The molecule has 0 aliphatic rings. The highest BCUT2D eigenvalue weighted by Gasteiger charge is 2.12. The second kappa shape index (κ2) is 6.31. The molecular formula is C10H13N3O4. The Bertz CT molecular complexity index is 420. The molecule has 1 aromatic carbocycles. The van der Waals surface area contributed by atoms with E-state index in [1.165, 1.54) is 12.1 Å². The predicted octanol–water partition coefficient (Wildman–Crippen LogP) is 1.50. The number of hydrogen-bond acceptors (Lipinski definition) is 5. The van der Waals surface area contributed by atoms with Crippen LogP contribution in [0.15, 0.2) is 29.4 Å². The maximum Gasteiger partial charge on any atom is 0.310 e. The van der Waals surface area contributed by atoms with Gasteiger partial charge in [-0.15, -0.1) is 0 Å². The van der Waals surface area contributed by atoms with Gasteiger partial charge in [0.2, 0.25) is 0 Å². The van der Waals surface area contributed by atoms with Gasteiger partial charge in [0.15, 0.2) is 5.75 Å². The monoisotopic (exact) mass is 239 g/mol. The minimum Gasteiger partial charge on any atom is -0.487 e. The highest BCUT2D eigenvalue weighted by atomic mass is 16.6. The van der Waals surface area contributed by atoms with Crippen LogP contribution < -0.4 is 10.5 Å². The van der Waals surface area contributed by atoms with Gasteiger partial charge in [-0.25, -0.2) is 0 Å². The van der Waals surface area contributed by atoms with Gasteiger partial charge in [-0.3, -0.25) is 10.1 Å². The van der Waals surface area contributed by atoms with E-state index in [0.29, 0.717) is 12.8 Å². The Morgan fingerprint density at radius 3 is 2.88 bits per heavy atom. The van der Waals surface area contributed by atoms with Crippen LogP contribution in [-0.4, -0.2) is 22.6 Å². The van der Waals surface area contributed by atoms with E-state index in [0.717, 1.165) is 0 Å². The third kappa shape index (κ3) is 3.98. The zero-order chi connectivity index (χ0) is 12.7. The molecule has 1 rings (SSSR count). The number of hydrogen-bond donors (Lipinski definition) is 2. The molecule has 0 amide bonds. The van der Waals surface area contributed by atoms with Gasteiger partial charge in [0, 0.05) is 12.5 Å². The van der Waals surface area contributed by atoms with E-state index in [9.17, 15) is 10.1 Å². The second-order valence-electron chi connectivity index (χ2n) is 3.27. The van der Waals surface area contributed by atoms with Crippen molar-refractivity contribution in [1.82, 2.24) is 0 Å². The van der Waals surface area contributed by atoms with E-state index in [2.05, 4.69) is 5.16 Å². The van der Waals surface area contributed by atoms with Gasteiger partial charge in [-0.05, 0) is 12.5 Å². The Morgan fingerprint density at radius 2 is 2.24 bits per heavy atom. The summed E-state index contributed by atoms with van der Waals surface area (Å²) in [7, 11) is 0. The first-order valence-corrected chi connectivity index (χ1v) is 4.97. The largest absolute Gasteiger partial charge is 0.487 e. The number of nitro benzene ring substituents is 1. The highest BCUT2D eigenvalue weighted by Crippen LogP contribution is 2.25. The molecule has 0 spiro atoms. The molecule has 7 heteroatoms. The predicted molar refractivity (Wildman–Crippen MR) is 61.2 cm³/mol. The lowest BCUT2D eigenvalue weighted by atomic mass is 10.3. The summed E-state index contributed by atoms with van der Waals surface area (Å²) in [6, 6.07) is 6.13. The van der Waals surface area contributed by atoms with Crippen molar-refractivity contribution in [2.24, 2.45) is 10.9 Å². The van der Waals surface area contributed by atoms with Gasteiger partial charge in [0.05, 0.1) is 11.5 Å². The van der Waals surface area contributed by atoms with Crippen molar-refractivity contribution in [3.8, 4) is 5.75 Å². The van der Waals surface area contributed by atoms with Crippen molar-refractivity contribution >= 4 is 11.5 Å². The van der Waals surface area contributed by atoms with Gasteiger partial charge >= 0.3 is 5.69 Å². The van der Waals surface area contributed by atoms with Crippen molar-refractivity contribution in [1.29, 1.82) is 0 Å². The van der Waals surface area contributed by atoms with Crippen molar-refractivity contribution in [2.75, 3.05) is 6.61 Å². The third-order valence-electron chi connectivity index (χ3n) is 2.03. The van der Waals surface area contributed by atoms with Crippen LogP contribution in [0.3, 0.4) is 0 Å². The molecule has 7 nitrogen and oxygen atoms in total. The molecule has 92 valence electrons. The molecule has 0 aliphatic heterocycles. The third-order valence-corrected chi connectivity index (χ3v) is 2.03. The SMILES string of the molecule is N/C(CCCOc1ccccc1[N+](=O)[O-])=N\O. The molecule has 0 saturated carbocycles. The van der Waals surface area contributed by atoms with Gasteiger partial charge in [0.1, 0.15) is 5.84 Å². The number of nitrogens with two attached hydrogens (primary N) is 1. The van der Waals surface area contributed by atoms with E-state index in [1.807, 2.05) is 0 Å². The molecule has 0 heterocycles. The van der Waals surface area contributed by atoms with Gasteiger partial charge in [-0.1, -0.05) is 17.3 Å². The lowest BCUT2D eigenvalue weighted by molar-refractivity contribution is -0.385. The summed E-state index contributed by atoms with van der Waals surface area (Å²) in [4.78, 5) is 10.2. The maximum absolute atomic E-state index is 10.7. The molecular weight excluding hydrogens is 226 g/mol. The Kier molecular flexibility index (Phi) is 4.74. The standard InChI is InChI=1S/C10H13N3O4/c11-10(12-14)6-3-7-17-9-5-2-1-4-8(9)13(15)16/h1-2,4-5,14H,3,6-7H2,(H2,11,12). The quantitative estimate of drug-likeness (QED) is 0.195. The van der Waals surface area contributed by atoms with Crippen molar-refractivity contribution in [3.05, 3.63) is 34.4 Å². The molecule has 3 N–H and O–H groups in total. The summed E-state index contributed by atoms with van der Waals surface area (Å²) in [5, 5.41) is 21.8. The van der Waals surface area contributed by atoms with Crippen LogP contribution in [0, 0.1) is 10.1 Å². The lowest BCUT2D eigenvalue weighted by Gasteiger charge is -2.05. The van der Waals surface area contributed by atoms with E-state index in [1.54, 1.807) is 12.1 Å². The number of nitro groups is 1. The highest BCUT2D eigenvalue weighted by molar-refractivity contribution is 5.79. The van der Waals surface area contributed by atoms with Crippen molar-refractivity contribution in [3.63, 3.8) is 0 Å². The van der Waals surface area contributed by atoms with Crippen LogP contribution in [0.2, 0.25) is 0 Å².